The fraction of sp³-hybridized carbons (Fsp3) is 0.625. The topological polar surface area (TPSA) is 15.3 Å². The lowest BCUT2D eigenvalue weighted by Gasteiger charge is -2.30. The molecule has 0 aliphatic carbocycles. The molecule has 2 rings (SSSR count). The fourth-order valence-corrected chi connectivity index (χ4v) is 2.94. The molecule has 2 unspecified atom stereocenters. The maximum absolute atomic E-state index is 6.26. The molecule has 0 aromatic heterocycles. The zero-order valence-corrected chi connectivity index (χ0v) is 13.0. The number of nitrogens with one attached hydrogen (secondary N) is 1. The maximum Gasteiger partial charge on any atom is 0.0455 e. The van der Waals surface area contributed by atoms with Crippen molar-refractivity contribution in [3.8, 4) is 0 Å². The van der Waals surface area contributed by atoms with E-state index in [9.17, 15) is 0 Å². The van der Waals surface area contributed by atoms with Gasteiger partial charge in [0.1, 0.15) is 0 Å². The molecule has 3 heteroatoms. The number of hydrogen-bond donors (Lipinski definition) is 1. The van der Waals surface area contributed by atoms with Crippen LogP contribution >= 0.6 is 11.6 Å². The first kappa shape index (κ1) is 14.7. The van der Waals surface area contributed by atoms with Crippen LogP contribution in [-0.4, -0.2) is 25.7 Å². The van der Waals surface area contributed by atoms with Crippen LogP contribution in [-0.2, 0) is 0 Å². The molecule has 1 aliphatic heterocycles. The van der Waals surface area contributed by atoms with Gasteiger partial charge >= 0.3 is 0 Å². The van der Waals surface area contributed by atoms with Gasteiger partial charge in [0, 0.05) is 29.8 Å². The normalized spacial score (nSPS) is 22.1. The lowest BCUT2D eigenvalue weighted by atomic mass is 9.98. The van der Waals surface area contributed by atoms with Gasteiger partial charge in [-0.05, 0) is 43.5 Å². The maximum atomic E-state index is 6.26. The number of rotatable bonds is 3. The van der Waals surface area contributed by atoms with Crippen LogP contribution in [0, 0.1) is 12.8 Å². The highest BCUT2D eigenvalue weighted by Gasteiger charge is 2.22. The molecule has 1 aromatic carbocycles. The van der Waals surface area contributed by atoms with Gasteiger partial charge in [-0.3, -0.25) is 0 Å². The predicted octanol–water partition coefficient (Wildman–Crippen LogP) is 3.86. The standard InChI is InChI=1S/C16H25ClN2/c1-4-12(2)15-11-19(10-6-9-18-15)16-8-5-7-14(17)13(16)3/h5,7-8,12,15,18H,4,6,9-11H2,1-3H3. The molecular formula is C16H25ClN2. The Morgan fingerprint density at radius 1 is 1.47 bits per heavy atom. The van der Waals surface area contributed by atoms with E-state index in [0.717, 1.165) is 24.7 Å². The van der Waals surface area contributed by atoms with Gasteiger partial charge in [0.2, 0.25) is 0 Å². The minimum absolute atomic E-state index is 0.575. The Hall–Kier alpha value is -0.730. The zero-order valence-electron chi connectivity index (χ0n) is 12.2. The predicted molar refractivity (Wildman–Crippen MR) is 84.3 cm³/mol. The average Bonchev–Trinajstić information content (AvgIpc) is 2.67. The van der Waals surface area contributed by atoms with Crippen molar-refractivity contribution in [3.05, 3.63) is 28.8 Å². The molecule has 1 aromatic rings. The lowest BCUT2D eigenvalue weighted by Crippen LogP contribution is -2.42. The quantitative estimate of drug-likeness (QED) is 0.904. The van der Waals surface area contributed by atoms with Gasteiger partial charge < -0.3 is 10.2 Å². The Morgan fingerprint density at radius 3 is 3.00 bits per heavy atom. The Morgan fingerprint density at radius 2 is 2.26 bits per heavy atom. The van der Waals surface area contributed by atoms with Crippen molar-refractivity contribution in [3.63, 3.8) is 0 Å². The highest BCUT2D eigenvalue weighted by molar-refractivity contribution is 6.31. The lowest BCUT2D eigenvalue weighted by molar-refractivity contribution is 0.384. The third-order valence-electron chi connectivity index (χ3n) is 4.34. The molecule has 1 heterocycles. The summed E-state index contributed by atoms with van der Waals surface area (Å²) < 4.78 is 0. The summed E-state index contributed by atoms with van der Waals surface area (Å²) in [4.78, 5) is 2.50. The third kappa shape index (κ3) is 3.43. The summed E-state index contributed by atoms with van der Waals surface area (Å²) in [6, 6.07) is 6.80. The summed E-state index contributed by atoms with van der Waals surface area (Å²) in [7, 11) is 0. The molecule has 2 nitrogen and oxygen atoms in total. The molecule has 1 N–H and O–H groups in total. The minimum atomic E-state index is 0.575. The number of nitrogens with zero attached hydrogens (tertiary/aromatic N) is 1. The van der Waals surface area contributed by atoms with E-state index >= 15 is 0 Å². The van der Waals surface area contributed by atoms with E-state index in [1.807, 2.05) is 6.07 Å². The van der Waals surface area contributed by atoms with Gasteiger partial charge in [-0.2, -0.15) is 0 Å². The third-order valence-corrected chi connectivity index (χ3v) is 4.75. The van der Waals surface area contributed by atoms with E-state index in [1.165, 1.54) is 24.1 Å². The Kier molecular flexibility index (Phi) is 5.12. The molecular weight excluding hydrogens is 256 g/mol. The van der Waals surface area contributed by atoms with Crippen molar-refractivity contribution in [2.75, 3.05) is 24.5 Å². The van der Waals surface area contributed by atoms with Crippen molar-refractivity contribution >= 4 is 17.3 Å². The van der Waals surface area contributed by atoms with E-state index in [0.29, 0.717) is 12.0 Å². The summed E-state index contributed by atoms with van der Waals surface area (Å²) in [5.74, 6) is 0.708. The van der Waals surface area contributed by atoms with Gasteiger partial charge in [-0.25, -0.2) is 0 Å². The molecule has 0 bridgehead atoms. The summed E-state index contributed by atoms with van der Waals surface area (Å²) in [5, 5.41) is 4.56. The van der Waals surface area contributed by atoms with Gasteiger partial charge in [0.15, 0.2) is 0 Å². The molecule has 0 radical (unpaired) electrons. The summed E-state index contributed by atoms with van der Waals surface area (Å²) >= 11 is 6.26. The number of anilines is 1. The van der Waals surface area contributed by atoms with E-state index in [4.69, 9.17) is 11.6 Å². The second-order valence-electron chi connectivity index (χ2n) is 5.63. The van der Waals surface area contributed by atoms with Crippen LogP contribution in [0.2, 0.25) is 5.02 Å². The first-order valence-corrected chi connectivity index (χ1v) is 7.74. The molecule has 1 fully saturated rings. The molecule has 2 atom stereocenters. The van der Waals surface area contributed by atoms with Gasteiger partial charge in [-0.1, -0.05) is 37.9 Å². The fourth-order valence-electron chi connectivity index (χ4n) is 2.77. The van der Waals surface area contributed by atoms with Crippen LogP contribution in [0.15, 0.2) is 18.2 Å². The van der Waals surface area contributed by atoms with Crippen LogP contribution in [0.1, 0.15) is 32.3 Å². The second kappa shape index (κ2) is 6.62. The highest BCUT2D eigenvalue weighted by atomic mass is 35.5. The van der Waals surface area contributed by atoms with Gasteiger partial charge in [-0.15, -0.1) is 0 Å². The van der Waals surface area contributed by atoms with E-state index in [2.05, 4.69) is 43.1 Å². The van der Waals surface area contributed by atoms with Crippen LogP contribution in [0.4, 0.5) is 5.69 Å². The van der Waals surface area contributed by atoms with Crippen LogP contribution in [0.25, 0.3) is 0 Å². The van der Waals surface area contributed by atoms with E-state index in [-0.39, 0.29) is 0 Å². The second-order valence-corrected chi connectivity index (χ2v) is 6.04. The monoisotopic (exact) mass is 280 g/mol. The van der Waals surface area contributed by atoms with Crippen molar-refractivity contribution in [1.82, 2.24) is 5.32 Å². The van der Waals surface area contributed by atoms with Crippen molar-refractivity contribution in [2.45, 2.75) is 39.7 Å². The minimum Gasteiger partial charge on any atom is -0.370 e. The van der Waals surface area contributed by atoms with E-state index < -0.39 is 0 Å². The van der Waals surface area contributed by atoms with Crippen molar-refractivity contribution in [2.24, 2.45) is 5.92 Å². The first-order chi connectivity index (χ1) is 9.13. The summed E-state index contributed by atoms with van der Waals surface area (Å²) in [6.07, 6.45) is 2.42. The molecule has 0 saturated carbocycles. The van der Waals surface area contributed by atoms with Crippen molar-refractivity contribution in [1.29, 1.82) is 0 Å². The largest absolute Gasteiger partial charge is 0.370 e. The molecule has 106 valence electrons. The van der Waals surface area contributed by atoms with Gasteiger partial charge in [0.25, 0.3) is 0 Å². The smallest absolute Gasteiger partial charge is 0.0455 e. The zero-order chi connectivity index (χ0) is 13.8. The molecule has 0 spiro atoms. The Labute approximate surface area is 122 Å². The average molecular weight is 281 g/mol. The molecule has 0 amide bonds. The molecule has 19 heavy (non-hydrogen) atoms. The Bertz CT molecular complexity index is 419. The van der Waals surface area contributed by atoms with E-state index in [1.54, 1.807) is 0 Å². The van der Waals surface area contributed by atoms with Crippen molar-refractivity contribution < 1.29 is 0 Å². The van der Waals surface area contributed by atoms with Gasteiger partial charge in [0.05, 0.1) is 0 Å². The molecule has 1 aliphatic rings. The first-order valence-electron chi connectivity index (χ1n) is 7.37. The summed E-state index contributed by atoms with van der Waals surface area (Å²) in [5.41, 5.74) is 2.50. The summed E-state index contributed by atoms with van der Waals surface area (Å²) in [6.45, 7) is 10.0. The SMILES string of the molecule is CCC(C)C1CN(c2cccc(Cl)c2C)CCCN1. The number of halogens is 1. The number of benzene rings is 1. The number of hydrogen-bond acceptors (Lipinski definition) is 2. The Balaban J connectivity index is 2.20. The molecule has 1 saturated heterocycles. The van der Waals surface area contributed by atoms with Crippen LogP contribution in [0.3, 0.4) is 0 Å². The van der Waals surface area contributed by atoms with Crippen LogP contribution in [0.5, 0.6) is 0 Å². The van der Waals surface area contributed by atoms with Crippen LogP contribution < -0.4 is 10.2 Å². The highest BCUT2D eigenvalue weighted by Crippen LogP contribution is 2.28.